The van der Waals surface area contributed by atoms with Crippen LogP contribution in [0.25, 0.3) is 0 Å². The molecule has 6 nitrogen and oxygen atoms in total. The van der Waals surface area contributed by atoms with Crippen LogP contribution in [0, 0.1) is 0 Å². The number of nitrogens with one attached hydrogen (secondary N) is 1. The van der Waals surface area contributed by atoms with Crippen LogP contribution in [0.2, 0.25) is 0 Å². The fraction of sp³-hybridized carbons (Fsp3) is 0.920. The summed E-state index contributed by atoms with van der Waals surface area (Å²) >= 11 is 0. The smallest absolute Gasteiger partial charge is 0.306 e. The molecule has 0 aliphatic rings. The van der Waals surface area contributed by atoms with Crippen LogP contribution in [0.1, 0.15) is 271 Å². The molecule has 6 heteroatoms. The third-order valence-electron chi connectivity index (χ3n) is 11.6. The molecule has 0 aromatic heterocycles. The van der Waals surface area contributed by atoms with E-state index in [4.69, 9.17) is 4.74 Å². The standard InChI is InChI=1S/C50H97NO5/c1-4-7-10-13-16-19-22-24-26-28-31-34-37-40-43-50(55)56-46(41-38-35-32-29-21-18-15-12-9-6-3)44-49(54)51-47(45-52)48(53)42-39-36-33-30-27-25-23-20-17-14-11-8-5-2/h26,28,46-48,52-53H,4-25,27,29-45H2,1-3H3,(H,51,54)/b28-26-. The lowest BCUT2D eigenvalue weighted by Gasteiger charge is -2.24. The van der Waals surface area contributed by atoms with Gasteiger partial charge in [-0.05, 0) is 51.4 Å². The van der Waals surface area contributed by atoms with Crippen molar-refractivity contribution in [3.63, 3.8) is 0 Å². The second-order valence-corrected chi connectivity index (χ2v) is 17.2. The van der Waals surface area contributed by atoms with E-state index in [2.05, 4.69) is 38.2 Å². The molecule has 0 bridgehead atoms. The van der Waals surface area contributed by atoms with E-state index in [0.29, 0.717) is 19.3 Å². The molecule has 0 aromatic rings. The van der Waals surface area contributed by atoms with E-state index in [1.807, 2.05) is 0 Å². The van der Waals surface area contributed by atoms with E-state index in [0.717, 1.165) is 51.4 Å². The van der Waals surface area contributed by atoms with Crippen LogP contribution in [-0.4, -0.2) is 46.9 Å². The first-order valence-electron chi connectivity index (χ1n) is 24.9. The topological polar surface area (TPSA) is 95.9 Å². The van der Waals surface area contributed by atoms with Gasteiger partial charge in [0.05, 0.1) is 25.2 Å². The molecule has 332 valence electrons. The summed E-state index contributed by atoms with van der Waals surface area (Å²) in [4.78, 5) is 26.0. The zero-order valence-corrected chi connectivity index (χ0v) is 37.8. The molecule has 3 atom stereocenters. The van der Waals surface area contributed by atoms with E-state index >= 15 is 0 Å². The number of ether oxygens (including phenoxy) is 1. The zero-order valence-electron chi connectivity index (χ0n) is 37.8. The Morgan fingerprint density at radius 2 is 0.857 bits per heavy atom. The van der Waals surface area contributed by atoms with Crippen molar-refractivity contribution >= 4 is 11.9 Å². The number of aliphatic hydroxyl groups is 2. The molecule has 0 aliphatic heterocycles. The van der Waals surface area contributed by atoms with Gasteiger partial charge in [0.2, 0.25) is 5.91 Å². The molecular weight excluding hydrogens is 695 g/mol. The Bertz CT molecular complexity index is 847. The van der Waals surface area contributed by atoms with E-state index in [1.54, 1.807) is 0 Å². The Labute approximate surface area is 349 Å². The quantitative estimate of drug-likeness (QED) is 0.0324. The number of esters is 1. The van der Waals surface area contributed by atoms with E-state index < -0.39 is 18.2 Å². The third-order valence-corrected chi connectivity index (χ3v) is 11.6. The number of carbonyl (C=O) groups is 2. The van der Waals surface area contributed by atoms with Crippen molar-refractivity contribution in [3.05, 3.63) is 12.2 Å². The van der Waals surface area contributed by atoms with Gasteiger partial charge < -0.3 is 20.3 Å². The summed E-state index contributed by atoms with van der Waals surface area (Å²) in [5.41, 5.74) is 0. The first kappa shape index (κ1) is 54.6. The lowest BCUT2D eigenvalue weighted by Crippen LogP contribution is -2.46. The maximum absolute atomic E-state index is 13.1. The second kappa shape index (κ2) is 44.7. The Morgan fingerprint density at radius 3 is 1.27 bits per heavy atom. The maximum Gasteiger partial charge on any atom is 0.306 e. The molecule has 1 amide bonds. The first-order chi connectivity index (χ1) is 27.5. The van der Waals surface area contributed by atoms with Crippen molar-refractivity contribution in [2.45, 2.75) is 289 Å². The summed E-state index contributed by atoms with van der Waals surface area (Å²) in [5.74, 6) is -0.480. The zero-order chi connectivity index (χ0) is 41.0. The lowest BCUT2D eigenvalue weighted by atomic mass is 10.0. The van der Waals surface area contributed by atoms with E-state index in [9.17, 15) is 19.8 Å². The lowest BCUT2D eigenvalue weighted by molar-refractivity contribution is -0.151. The molecule has 0 rings (SSSR count). The normalized spacial score (nSPS) is 13.3. The number of unbranched alkanes of at least 4 members (excludes halogenated alkanes) is 31. The Kier molecular flexibility index (Phi) is 43.6. The van der Waals surface area contributed by atoms with Gasteiger partial charge in [-0.15, -0.1) is 0 Å². The molecule has 0 saturated heterocycles. The van der Waals surface area contributed by atoms with Gasteiger partial charge in [0, 0.05) is 6.42 Å². The van der Waals surface area contributed by atoms with Crippen LogP contribution in [-0.2, 0) is 14.3 Å². The van der Waals surface area contributed by atoms with Gasteiger partial charge in [-0.25, -0.2) is 0 Å². The molecule has 0 aromatic carbocycles. The molecule has 56 heavy (non-hydrogen) atoms. The fourth-order valence-corrected chi connectivity index (χ4v) is 7.78. The summed E-state index contributed by atoms with van der Waals surface area (Å²) in [7, 11) is 0. The number of rotatable bonds is 45. The fourth-order valence-electron chi connectivity index (χ4n) is 7.78. The van der Waals surface area contributed by atoms with Gasteiger partial charge in [-0.3, -0.25) is 9.59 Å². The molecular formula is C50H97NO5. The number of carbonyl (C=O) groups excluding carboxylic acids is 2. The average Bonchev–Trinajstić information content (AvgIpc) is 3.19. The predicted molar refractivity (Wildman–Crippen MR) is 241 cm³/mol. The van der Waals surface area contributed by atoms with Crippen LogP contribution in [0.5, 0.6) is 0 Å². The van der Waals surface area contributed by atoms with Crippen LogP contribution >= 0.6 is 0 Å². The monoisotopic (exact) mass is 792 g/mol. The minimum absolute atomic E-state index is 0.0780. The third kappa shape index (κ3) is 39.4. The summed E-state index contributed by atoms with van der Waals surface area (Å²) in [5, 5.41) is 23.7. The van der Waals surface area contributed by atoms with Crippen molar-refractivity contribution in [3.8, 4) is 0 Å². The average molecular weight is 792 g/mol. The van der Waals surface area contributed by atoms with Gasteiger partial charge >= 0.3 is 5.97 Å². The highest BCUT2D eigenvalue weighted by molar-refractivity contribution is 5.77. The Hall–Kier alpha value is -1.40. The van der Waals surface area contributed by atoms with Gasteiger partial charge in [-0.1, -0.05) is 219 Å². The molecule has 3 unspecified atom stereocenters. The number of allylic oxidation sites excluding steroid dienone is 2. The minimum Gasteiger partial charge on any atom is -0.462 e. The van der Waals surface area contributed by atoms with Crippen molar-refractivity contribution in [2.75, 3.05) is 6.61 Å². The van der Waals surface area contributed by atoms with Crippen molar-refractivity contribution in [2.24, 2.45) is 0 Å². The predicted octanol–water partition coefficient (Wildman–Crippen LogP) is 14.6. The summed E-state index contributed by atoms with van der Waals surface area (Å²) < 4.78 is 5.91. The number of amides is 1. The van der Waals surface area contributed by atoms with Crippen LogP contribution in [0.3, 0.4) is 0 Å². The first-order valence-corrected chi connectivity index (χ1v) is 24.9. The summed E-state index contributed by atoms with van der Waals surface area (Å²) in [6, 6.07) is -0.696. The number of hydrogen-bond acceptors (Lipinski definition) is 5. The highest BCUT2D eigenvalue weighted by Gasteiger charge is 2.24. The van der Waals surface area contributed by atoms with E-state index in [1.165, 1.54) is 173 Å². The van der Waals surface area contributed by atoms with Crippen molar-refractivity contribution in [1.82, 2.24) is 5.32 Å². The molecule has 0 spiro atoms. The SMILES string of the molecule is CCCCCCCCC/C=C\CCCCCC(=O)OC(CCCCCCCCCCCC)CC(=O)NC(CO)C(O)CCCCCCCCCCCCCCC. The van der Waals surface area contributed by atoms with Crippen LogP contribution in [0.4, 0.5) is 0 Å². The molecule has 0 saturated carbocycles. The largest absolute Gasteiger partial charge is 0.462 e. The minimum atomic E-state index is -0.783. The molecule has 3 N–H and O–H groups in total. The summed E-state index contributed by atoms with van der Waals surface area (Å²) in [6.45, 7) is 6.48. The molecule has 0 radical (unpaired) electrons. The number of hydrogen-bond donors (Lipinski definition) is 3. The Balaban J connectivity index is 4.51. The van der Waals surface area contributed by atoms with E-state index in [-0.39, 0.29) is 24.9 Å². The van der Waals surface area contributed by atoms with Crippen LogP contribution < -0.4 is 5.32 Å². The Morgan fingerprint density at radius 1 is 0.500 bits per heavy atom. The maximum atomic E-state index is 13.1. The molecule has 0 heterocycles. The van der Waals surface area contributed by atoms with Gasteiger partial charge in [0.1, 0.15) is 6.10 Å². The second-order valence-electron chi connectivity index (χ2n) is 17.2. The van der Waals surface area contributed by atoms with Crippen LogP contribution in [0.15, 0.2) is 12.2 Å². The van der Waals surface area contributed by atoms with Crippen molar-refractivity contribution in [1.29, 1.82) is 0 Å². The molecule has 0 fully saturated rings. The highest BCUT2D eigenvalue weighted by atomic mass is 16.5. The summed E-state index contributed by atoms with van der Waals surface area (Å²) in [6.07, 6.45) is 48.4. The highest BCUT2D eigenvalue weighted by Crippen LogP contribution is 2.18. The van der Waals surface area contributed by atoms with Gasteiger partial charge in [0.15, 0.2) is 0 Å². The van der Waals surface area contributed by atoms with Gasteiger partial charge in [-0.2, -0.15) is 0 Å². The van der Waals surface area contributed by atoms with Crippen molar-refractivity contribution < 1.29 is 24.5 Å². The van der Waals surface area contributed by atoms with Gasteiger partial charge in [0.25, 0.3) is 0 Å². The molecule has 0 aliphatic carbocycles. The number of aliphatic hydroxyl groups excluding tert-OH is 2.